The maximum atomic E-state index is 12.5. The maximum absolute atomic E-state index is 12.5. The molecule has 1 saturated heterocycles. The van der Waals surface area contributed by atoms with Gasteiger partial charge in [0.2, 0.25) is 0 Å². The number of ether oxygens (including phenoxy) is 1. The van der Waals surface area contributed by atoms with Gasteiger partial charge < -0.3 is 9.64 Å². The van der Waals surface area contributed by atoms with Crippen LogP contribution in [0, 0.1) is 0 Å². The van der Waals surface area contributed by atoms with Gasteiger partial charge in [-0.05, 0) is 69.0 Å². The highest BCUT2D eigenvalue weighted by molar-refractivity contribution is 9.15. The van der Waals surface area contributed by atoms with Gasteiger partial charge in [0.05, 0.1) is 5.69 Å². The van der Waals surface area contributed by atoms with E-state index in [1.165, 1.54) is 5.57 Å². The topological polar surface area (TPSA) is 42.4 Å². The van der Waals surface area contributed by atoms with E-state index in [0.29, 0.717) is 18.1 Å². The highest BCUT2D eigenvalue weighted by Gasteiger charge is 2.28. The van der Waals surface area contributed by atoms with Crippen LogP contribution >= 0.6 is 27.5 Å². The van der Waals surface area contributed by atoms with E-state index in [2.05, 4.69) is 34.1 Å². The first kappa shape index (κ1) is 21.1. The van der Waals surface area contributed by atoms with E-state index >= 15 is 0 Å². The number of rotatable bonds is 0. The molecular formula is C24H24BrClN2O2. The molecule has 1 aromatic carbocycles. The van der Waals surface area contributed by atoms with Crippen LogP contribution in [0.25, 0.3) is 16.1 Å². The van der Waals surface area contributed by atoms with Crippen LogP contribution in [0.3, 0.4) is 0 Å². The number of nitrogens with zero attached hydrogens (tertiary/aromatic N) is 2. The minimum atomic E-state index is -0.490. The summed E-state index contributed by atoms with van der Waals surface area (Å²) in [7, 11) is 0. The average molecular weight is 488 g/mol. The highest BCUT2D eigenvalue weighted by atomic mass is 79.9. The fourth-order valence-electron chi connectivity index (χ4n) is 3.91. The van der Waals surface area contributed by atoms with E-state index in [1.54, 1.807) is 4.90 Å². The van der Waals surface area contributed by atoms with Crippen LogP contribution in [-0.2, 0) is 4.74 Å². The smallest absolute Gasteiger partial charge is 0.410 e. The summed E-state index contributed by atoms with van der Waals surface area (Å²) < 4.78 is 6.53. The molecule has 0 unspecified atom stereocenters. The lowest BCUT2D eigenvalue weighted by Crippen LogP contribution is -2.40. The molecule has 1 fully saturated rings. The van der Waals surface area contributed by atoms with Gasteiger partial charge in [-0.15, -0.1) is 0 Å². The number of hydrogen-bond acceptors (Lipinski definition) is 3. The van der Waals surface area contributed by atoms with Gasteiger partial charge in [-0.25, -0.2) is 4.79 Å². The molecule has 0 N–H and O–H groups in total. The zero-order chi connectivity index (χ0) is 21.5. The number of piperidine rings is 1. The summed E-state index contributed by atoms with van der Waals surface area (Å²) in [5, 5.41) is 0.696. The molecule has 6 heteroatoms. The lowest BCUT2D eigenvalue weighted by molar-refractivity contribution is 0.0236. The van der Waals surface area contributed by atoms with Crippen molar-refractivity contribution >= 4 is 49.8 Å². The highest BCUT2D eigenvalue weighted by Crippen LogP contribution is 2.42. The van der Waals surface area contributed by atoms with Gasteiger partial charge in [0, 0.05) is 39.9 Å². The van der Waals surface area contributed by atoms with E-state index in [-0.39, 0.29) is 6.09 Å². The van der Waals surface area contributed by atoms with Crippen LogP contribution in [0.1, 0.15) is 56.0 Å². The Morgan fingerprint density at radius 2 is 1.90 bits per heavy atom. The normalized spacial score (nSPS) is 16.4. The minimum absolute atomic E-state index is 0.248. The third-order valence-electron chi connectivity index (χ3n) is 5.24. The van der Waals surface area contributed by atoms with Gasteiger partial charge in [0.25, 0.3) is 0 Å². The van der Waals surface area contributed by atoms with Crippen molar-refractivity contribution in [3.8, 4) is 0 Å². The first-order chi connectivity index (χ1) is 14.2. The quantitative estimate of drug-likeness (QED) is 0.411. The molecule has 2 aromatic rings. The van der Waals surface area contributed by atoms with Crippen molar-refractivity contribution < 1.29 is 9.53 Å². The number of hydrogen-bond donors (Lipinski definition) is 0. The first-order valence-corrected chi connectivity index (χ1v) is 11.2. The van der Waals surface area contributed by atoms with Crippen LogP contribution in [0.4, 0.5) is 4.79 Å². The zero-order valence-corrected chi connectivity index (χ0v) is 19.7. The number of halogens is 2. The van der Waals surface area contributed by atoms with Gasteiger partial charge in [-0.2, -0.15) is 0 Å². The second-order valence-corrected chi connectivity index (χ2v) is 9.86. The molecule has 0 bridgehead atoms. The number of likely N-dealkylation sites (tertiary alicyclic amines) is 1. The van der Waals surface area contributed by atoms with Crippen molar-refractivity contribution in [2.24, 2.45) is 0 Å². The van der Waals surface area contributed by atoms with Gasteiger partial charge >= 0.3 is 6.09 Å². The molecule has 0 spiro atoms. The van der Waals surface area contributed by atoms with Gasteiger partial charge in [0.15, 0.2) is 0 Å². The van der Waals surface area contributed by atoms with Crippen LogP contribution in [0.2, 0.25) is 5.02 Å². The number of aromatic nitrogens is 1. The first-order valence-electron chi connectivity index (χ1n) is 10.1. The van der Waals surface area contributed by atoms with Crippen molar-refractivity contribution in [2.45, 2.75) is 39.2 Å². The molecule has 4 rings (SSSR count). The molecule has 30 heavy (non-hydrogen) atoms. The van der Waals surface area contributed by atoms with Crippen LogP contribution in [-0.4, -0.2) is 34.7 Å². The van der Waals surface area contributed by atoms with Crippen molar-refractivity contribution in [3.63, 3.8) is 0 Å². The van der Waals surface area contributed by atoms with Gasteiger partial charge in [-0.3, -0.25) is 4.98 Å². The fraction of sp³-hybridized carbons (Fsp3) is 0.333. The van der Waals surface area contributed by atoms with Crippen LogP contribution < -0.4 is 0 Å². The molecule has 156 valence electrons. The summed E-state index contributed by atoms with van der Waals surface area (Å²) in [6.45, 7) is 6.94. The lowest BCUT2D eigenvalue weighted by Gasteiger charge is -2.32. The summed E-state index contributed by atoms with van der Waals surface area (Å²) in [5.41, 5.74) is 6.15. The molecule has 1 aromatic heterocycles. The van der Waals surface area contributed by atoms with E-state index in [0.717, 1.165) is 45.3 Å². The number of fused-ring (bicyclic) bond motifs is 2. The SMILES string of the molecule is CC(C)(C)OC(=O)N1CCC(=C2c3ccc(Cl)cc3C(Br)=Cc3cccnc32)CC1. The largest absolute Gasteiger partial charge is 0.444 e. The van der Waals surface area contributed by atoms with E-state index in [9.17, 15) is 4.79 Å². The predicted octanol–water partition coefficient (Wildman–Crippen LogP) is 6.77. The summed E-state index contributed by atoms with van der Waals surface area (Å²) in [5.74, 6) is 0. The standard InChI is InChI=1S/C24H24BrClN2O2/c1-24(2,3)30-23(29)28-11-8-15(9-12-28)21-18-7-6-17(26)14-19(18)20(25)13-16-5-4-10-27-22(16)21/h4-7,10,13-14H,8-9,11-12H2,1-3H3. The monoisotopic (exact) mass is 486 g/mol. The molecule has 1 aliphatic carbocycles. The number of pyridine rings is 1. The minimum Gasteiger partial charge on any atom is -0.444 e. The second kappa shape index (κ2) is 8.20. The van der Waals surface area contributed by atoms with Crippen molar-refractivity contribution in [1.82, 2.24) is 9.88 Å². The Kier molecular flexibility index (Phi) is 5.78. The molecule has 1 amide bonds. The average Bonchev–Trinajstić information content (AvgIpc) is 2.81. The predicted molar refractivity (Wildman–Crippen MR) is 126 cm³/mol. The van der Waals surface area contributed by atoms with Crippen molar-refractivity contribution in [2.75, 3.05) is 13.1 Å². The molecular weight excluding hydrogens is 464 g/mol. The molecule has 2 heterocycles. The van der Waals surface area contributed by atoms with Crippen molar-refractivity contribution in [1.29, 1.82) is 0 Å². The molecule has 2 aliphatic rings. The van der Waals surface area contributed by atoms with Gasteiger partial charge in [-0.1, -0.05) is 45.2 Å². The summed E-state index contributed by atoms with van der Waals surface area (Å²) in [6, 6.07) is 10.0. The summed E-state index contributed by atoms with van der Waals surface area (Å²) in [6.07, 6.45) is 5.25. The number of amides is 1. The zero-order valence-electron chi connectivity index (χ0n) is 17.3. The third kappa shape index (κ3) is 4.33. The van der Waals surface area contributed by atoms with Gasteiger partial charge in [0.1, 0.15) is 5.60 Å². The molecule has 0 atom stereocenters. The number of carbonyl (C=O) groups excluding carboxylic acids is 1. The Morgan fingerprint density at radius 1 is 1.17 bits per heavy atom. The molecule has 4 nitrogen and oxygen atoms in total. The Balaban J connectivity index is 1.74. The lowest BCUT2D eigenvalue weighted by atomic mass is 9.88. The van der Waals surface area contributed by atoms with Crippen molar-refractivity contribution in [3.05, 3.63) is 69.5 Å². The molecule has 1 aliphatic heterocycles. The third-order valence-corrected chi connectivity index (χ3v) is 6.13. The van der Waals surface area contributed by atoms with Crippen LogP contribution in [0.5, 0.6) is 0 Å². The Bertz CT molecular complexity index is 1060. The van der Waals surface area contributed by atoms with E-state index in [1.807, 2.05) is 45.2 Å². The fourth-order valence-corrected chi connectivity index (χ4v) is 4.66. The number of carbonyl (C=O) groups is 1. The Morgan fingerprint density at radius 3 is 2.60 bits per heavy atom. The van der Waals surface area contributed by atoms with E-state index < -0.39 is 5.60 Å². The molecule has 0 radical (unpaired) electrons. The Labute approximate surface area is 190 Å². The summed E-state index contributed by atoms with van der Waals surface area (Å²) >= 11 is 10.0. The molecule has 0 saturated carbocycles. The van der Waals surface area contributed by atoms with Crippen LogP contribution in [0.15, 0.2) is 42.1 Å². The second-order valence-electron chi connectivity index (χ2n) is 8.57. The number of benzene rings is 1. The summed E-state index contributed by atoms with van der Waals surface area (Å²) in [4.78, 5) is 19.0. The maximum Gasteiger partial charge on any atom is 0.410 e. The Hall–Kier alpha value is -2.11. The van der Waals surface area contributed by atoms with E-state index in [4.69, 9.17) is 21.3 Å².